The van der Waals surface area contributed by atoms with Gasteiger partial charge in [-0.3, -0.25) is 9.69 Å². The van der Waals surface area contributed by atoms with Crippen LogP contribution < -0.4 is 5.32 Å². The first-order chi connectivity index (χ1) is 10.1. The zero-order valence-corrected chi connectivity index (χ0v) is 12.0. The minimum atomic E-state index is -1.10. The number of aromatic carboxylic acids is 1. The molecule has 6 nitrogen and oxygen atoms in total. The molecule has 1 aromatic carbocycles. The maximum Gasteiger partial charge on any atom is 0.372 e. The first-order valence-corrected chi connectivity index (χ1v) is 6.73. The molecular weight excluding hydrogens is 272 g/mol. The lowest BCUT2D eigenvalue weighted by Gasteiger charge is -2.19. The van der Waals surface area contributed by atoms with Crippen LogP contribution in [0.3, 0.4) is 0 Å². The number of rotatable bonds is 6. The fourth-order valence-electron chi connectivity index (χ4n) is 2.21. The van der Waals surface area contributed by atoms with Crippen LogP contribution in [0.2, 0.25) is 0 Å². The molecule has 1 amide bonds. The zero-order valence-electron chi connectivity index (χ0n) is 12.0. The number of carbonyl (C=O) groups is 2. The fourth-order valence-corrected chi connectivity index (χ4v) is 2.21. The highest BCUT2D eigenvalue weighted by Crippen LogP contribution is 2.27. The number of hydrogen-bond acceptors (Lipinski definition) is 4. The largest absolute Gasteiger partial charge is 0.475 e. The molecule has 0 aliphatic heterocycles. The molecule has 0 fully saturated rings. The Hall–Kier alpha value is -2.34. The number of para-hydroxylation sites is 1. The Labute approximate surface area is 122 Å². The van der Waals surface area contributed by atoms with Gasteiger partial charge >= 0.3 is 5.97 Å². The maximum absolute atomic E-state index is 11.5. The summed E-state index contributed by atoms with van der Waals surface area (Å²) in [6, 6.07) is 7.19. The summed E-state index contributed by atoms with van der Waals surface area (Å²) in [4.78, 5) is 24.7. The van der Waals surface area contributed by atoms with E-state index in [1.807, 2.05) is 24.0 Å². The van der Waals surface area contributed by atoms with E-state index in [1.54, 1.807) is 19.2 Å². The van der Waals surface area contributed by atoms with Crippen LogP contribution in [0.1, 0.15) is 23.0 Å². The Kier molecular flexibility index (Phi) is 4.59. The second kappa shape index (κ2) is 6.41. The number of nitrogens with one attached hydrogen (secondary N) is 1. The van der Waals surface area contributed by atoms with E-state index in [0.29, 0.717) is 24.2 Å². The van der Waals surface area contributed by atoms with Gasteiger partial charge in [0.2, 0.25) is 11.7 Å². The van der Waals surface area contributed by atoms with Crippen molar-refractivity contribution in [1.82, 2.24) is 10.2 Å². The van der Waals surface area contributed by atoms with Gasteiger partial charge in [0.05, 0.1) is 6.54 Å². The van der Waals surface area contributed by atoms with Gasteiger partial charge in [0.25, 0.3) is 0 Å². The van der Waals surface area contributed by atoms with Crippen molar-refractivity contribution in [3.8, 4) is 0 Å². The highest BCUT2D eigenvalue weighted by atomic mass is 16.4. The van der Waals surface area contributed by atoms with Gasteiger partial charge in [-0.1, -0.05) is 25.1 Å². The van der Waals surface area contributed by atoms with E-state index in [-0.39, 0.29) is 18.2 Å². The number of benzene rings is 1. The van der Waals surface area contributed by atoms with Gasteiger partial charge in [0, 0.05) is 24.5 Å². The normalized spacial score (nSPS) is 11.0. The molecule has 2 rings (SSSR count). The van der Waals surface area contributed by atoms with Crippen molar-refractivity contribution in [2.24, 2.45) is 0 Å². The van der Waals surface area contributed by atoms with Crippen molar-refractivity contribution in [1.29, 1.82) is 0 Å². The van der Waals surface area contributed by atoms with Gasteiger partial charge < -0.3 is 14.8 Å². The number of likely N-dealkylation sites (N-methyl/N-ethyl adjacent to an activating group) is 2. The molecular formula is C15H18N2O4. The Balaban J connectivity index is 2.37. The summed E-state index contributed by atoms with van der Waals surface area (Å²) in [5.74, 6) is -1.27. The maximum atomic E-state index is 11.5. The number of furan rings is 1. The molecule has 0 saturated heterocycles. The summed E-state index contributed by atoms with van der Waals surface area (Å²) in [5.41, 5.74) is 1.14. The summed E-state index contributed by atoms with van der Waals surface area (Å²) in [5, 5.41) is 12.6. The van der Waals surface area contributed by atoms with Crippen molar-refractivity contribution < 1.29 is 19.1 Å². The molecule has 0 bridgehead atoms. The second-order valence-corrected chi connectivity index (χ2v) is 4.69. The van der Waals surface area contributed by atoms with E-state index in [0.717, 1.165) is 5.39 Å². The summed E-state index contributed by atoms with van der Waals surface area (Å²) in [6.07, 6.45) is 0. The van der Waals surface area contributed by atoms with Gasteiger partial charge in [0.1, 0.15) is 5.58 Å². The van der Waals surface area contributed by atoms with Crippen LogP contribution in [0, 0.1) is 0 Å². The molecule has 1 heterocycles. The van der Waals surface area contributed by atoms with E-state index >= 15 is 0 Å². The second-order valence-electron chi connectivity index (χ2n) is 4.69. The number of carboxylic acid groups (broad SMARTS) is 1. The lowest BCUT2D eigenvalue weighted by atomic mass is 10.1. The molecule has 0 atom stereocenters. The van der Waals surface area contributed by atoms with Crippen molar-refractivity contribution in [3.63, 3.8) is 0 Å². The standard InChI is InChI=1S/C15H18N2O4/c1-3-17(9-13(18)16-2)8-11-10-6-4-5-7-12(10)21-14(11)15(19)20/h4-7H,3,8-9H2,1-2H3,(H,16,18)(H,19,20). The van der Waals surface area contributed by atoms with E-state index in [1.165, 1.54) is 0 Å². The third-order valence-corrected chi connectivity index (χ3v) is 3.37. The number of carboxylic acids is 1. The smallest absolute Gasteiger partial charge is 0.372 e. The topological polar surface area (TPSA) is 82.8 Å². The van der Waals surface area contributed by atoms with Gasteiger partial charge in [-0.2, -0.15) is 0 Å². The fraction of sp³-hybridized carbons (Fsp3) is 0.333. The molecule has 1 aromatic heterocycles. The van der Waals surface area contributed by atoms with Crippen LogP contribution >= 0.6 is 0 Å². The number of amides is 1. The zero-order chi connectivity index (χ0) is 15.4. The molecule has 0 aliphatic rings. The number of fused-ring (bicyclic) bond motifs is 1. The van der Waals surface area contributed by atoms with E-state index in [2.05, 4.69) is 5.32 Å². The third-order valence-electron chi connectivity index (χ3n) is 3.37. The highest BCUT2D eigenvalue weighted by Gasteiger charge is 2.21. The summed E-state index contributed by atoms with van der Waals surface area (Å²) < 4.78 is 5.41. The monoisotopic (exact) mass is 290 g/mol. The van der Waals surface area contributed by atoms with Crippen molar-refractivity contribution in [2.75, 3.05) is 20.1 Å². The molecule has 0 unspecified atom stereocenters. The van der Waals surface area contributed by atoms with Gasteiger partial charge in [-0.15, -0.1) is 0 Å². The quantitative estimate of drug-likeness (QED) is 0.846. The highest BCUT2D eigenvalue weighted by molar-refractivity contribution is 5.95. The molecule has 0 aliphatic carbocycles. The van der Waals surface area contributed by atoms with Crippen LogP contribution in [0.5, 0.6) is 0 Å². The predicted molar refractivity (Wildman–Crippen MR) is 78.2 cm³/mol. The molecule has 0 saturated carbocycles. The van der Waals surface area contributed by atoms with Gasteiger partial charge in [-0.25, -0.2) is 4.79 Å². The average molecular weight is 290 g/mol. The summed E-state index contributed by atoms with van der Waals surface area (Å²) in [6.45, 7) is 3.12. The van der Waals surface area contributed by atoms with Crippen LogP contribution in [-0.2, 0) is 11.3 Å². The molecule has 2 aromatic rings. The Morgan fingerprint density at radius 1 is 1.33 bits per heavy atom. The van der Waals surface area contributed by atoms with Crippen LogP contribution in [0.15, 0.2) is 28.7 Å². The first-order valence-electron chi connectivity index (χ1n) is 6.73. The van der Waals surface area contributed by atoms with E-state index in [9.17, 15) is 14.7 Å². The molecule has 6 heteroatoms. The average Bonchev–Trinajstić information content (AvgIpc) is 2.85. The van der Waals surface area contributed by atoms with Gasteiger partial charge in [0.15, 0.2) is 0 Å². The van der Waals surface area contributed by atoms with E-state index < -0.39 is 5.97 Å². The number of carbonyl (C=O) groups excluding carboxylic acids is 1. The molecule has 0 radical (unpaired) electrons. The Morgan fingerprint density at radius 3 is 2.67 bits per heavy atom. The van der Waals surface area contributed by atoms with E-state index in [4.69, 9.17) is 4.42 Å². The minimum Gasteiger partial charge on any atom is -0.475 e. The first kappa shape index (κ1) is 15.1. The number of nitrogens with zero attached hydrogens (tertiary/aromatic N) is 1. The predicted octanol–water partition coefficient (Wildman–Crippen LogP) is 1.70. The molecule has 0 spiro atoms. The lowest BCUT2D eigenvalue weighted by molar-refractivity contribution is -0.121. The SMILES string of the molecule is CCN(CC(=O)NC)Cc1c(C(=O)O)oc2ccccc12. The van der Waals surface area contributed by atoms with Crippen molar-refractivity contribution >= 4 is 22.8 Å². The molecule has 112 valence electrons. The summed E-state index contributed by atoms with van der Waals surface area (Å²) >= 11 is 0. The summed E-state index contributed by atoms with van der Waals surface area (Å²) in [7, 11) is 1.58. The number of hydrogen-bond donors (Lipinski definition) is 2. The van der Waals surface area contributed by atoms with Crippen molar-refractivity contribution in [3.05, 3.63) is 35.6 Å². The third kappa shape index (κ3) is 3.22. The molecule has 21 heavy (non-hydrogen) atoms. The molecule has 2 N–H and O–H groups in total. The Bertz CT molecular complexity index is 663. The van der Waals surface area contributed by atoms with Gasteiger partial charge in [-0.05, 0) is 12.6 Å². The van der Waals surface area contributed by atoms with Crippen LogP contribution in [0.4, 0.5) is 0 Å². The minimum absolute atomic E-state index is 0.0634. The lowest BCUT2D eigenvalue weighted by Crippen LogP contribution is -2.35. The van der Waals surface area contributed by atoms with Crippen LogP contribution in [0.25, 0.3) is 11.0 Å². The van der Waals surface area contributed by atoms with Crippen molar-refractivity contribution in [2.45, 2.75) is 13.5 Å². The Morgan fingerprint density at radius 2 is 2.05 bits per heavy atom. The van der Waals surface area contributed by atoms with Crippen LogP contribution in [-0.4, -0.2) is 42.0 Å².